The van der Waals surface area contributed by atoms with Gasteiger partial charge in [0.1, 0.15) is 5.76 Å². The van der Waals surface area contributed by atoms with Gasteiger partial charge in [0.05, 0.1) is 34.9 Å². The summed E-state index contributed by atoms with van der Waals surface area (Å²) in [5.41, 5.74) is 4.79. The van der Waals surface area contributed by atoms with Gasteiger partial charge in [0.2, 0.25) is 5.95 Å². The largest absolute Gasteiger partial charge is 0.361 e. The number of aryl methyl sites for hydroxylation is 2. The Kier molecular flexibility index (Phi) is 4.76. The van der Waals surface area contributed by atoms with Crippen molar-refractivity contribution >= 4 is 5.95 Å². The van der Waals surface area contributed by atoms with E-state index < -0.39 is 0 Å². The van der Waals surface area contributed by atoms with Gasteiger partial charge in [0.15, 0.2) is 0 Å². The Morgan fingerprint density at radius 2 is 1.86 bits per heavy atom. The molecule has 0 amide bonds. The molecule has 0 unspecified atom stereocenters. The zero-order chi connectivity index (χ0) is 19.5. The molecule has 8 nitrogen and oxygen atoms in total. The van der Waals surface area contributed by atoms with Crippen molar-refractivity contribution in [2.24, 2.45) is 0 Å². The Hall–Kier alpha value is -3.68. The van der Waals surface area contributed by atoms with Crippen LogP contribution < -0.4 is 5.32 Å². The van der Waals surface area contributed by atoms with E-state index in [1.807, 2.05) is 39.1 Å². The fourth-order valence-corrected chi connectivity index (χ4v) is 3.00. The van der Waals surface area contributed by atoms with Crippen LogP contribution in [0.3, 0.4) is 0 Å². The van der Waals surface area contributed by atoms with Gasteiger partial charge in [-0.25, -0.2) is 9.97 Å². The Labute approximate surface area is 162 Å². The van der Waals surface area contributed by atoms with Crippen molar-refractivity contribution < 1.29 is 4.52 Å². The van der Waals surface area contributed by atoms with Crippen LogP contribution in [0.25, 0.3) is 22.5 Å². The van der Waals surface area contributed by atoms with E-state index in [9.17, 15) is 0 Å². The Morgan fingerprint density at radius 3 is 2.54 bits per heavy atom. The Morgan fingerprint density at radius 1 is 1.00 bits per heavy atom. The monoisotopic (exact) mass is 373 g/mol. The van der Waals surface area contributed by atoms with Crippen molar-refractivity contribution in [2.45, 2.75) is 26.8 Å². The van der Waals surface area contributed by atoms with Crippen LogP contribution in [-0.4, -0.2) is 30.1 Å². The number of hydrogen-bond donors (Lipinski definition) is 1. The number of aromatic nitrogens is 6. The lowest BCUT2D eigenvalue weighted by Crippen LogP contribution is -2.10. The van der Waals surface area contributed by atoms with Gasteiger partial charge in [-0.05, 0) is 32.4 Å². The minimum absolute atomic E-state index is 0.00594. The van der Waals surface area contributed by atoms with Crippen molar-refractivity contribution in [1.82, 2.24) is 30.1 Å². The summed E-state index contributed by atoms with van der Waals surface area (Å²) in [6.07, 6.45) is 10.3. The van der Waals surface area contributed by atoms with Gasteiger partial charge in [-0.3, -0.25) is 15.0 Å². The molecule has 0 bridgehead atoms. The minimum Gasteiger partial charge on any atom is -0.361 e. The summed E-state index contributed by atoms with van der Waals surface area (Å²) in [4.78, 5) is 22.0. The second kappa shape index (κ2) is 7.51. The van der Waals surface area contributed by atoms with Crippen molar-refractivity contribution in [1.29, 1.82) is 0 Å². The van der Waals surface area contributed by atoms with Crippen LogP contribution in [0.5, 0.6) is 0 Å². The fourth-order valence-electron chi connectivity index (χ4n) is 3.00. The van der Waals surface area contributed by atoms with E-state index in [4.69, 9.17) is 9.51 Å². The topological polar surface area (TPSA) is 103 Å². The molecule has 0 aliphatic carbocycles. The summed E-state index contributed by atoms with van der Waals surface area (Å²) in [5.74, 6) is 1.19. The van der Waals surface area contributed by atoms with Crippen LogP contribution >= 0.6 is 0 Å². The number of anilines is 1. The highest BCUT2D eigenvalue weighted by atomic mass is 16.5. The standard InChI is InChI=1S/C20H19N7O/c1-12(15-5-4-6-21-9-15)25-20-24-10-16(17-11-22-7-8-23-17)19(26-20)18-13(2)27-28-14(18)3/h4-12H,1-3H3,(H,24,25,26)/t12-/m1/s1. The van der Waals surface area contributed by atoms with E-state index in [1.165, 1.54) is 0 Å². The Bertz CT molecular complexity index is 1060. The third-order valence-corrected chi connectivity index (χ3v) is 4.43. The smallest absolute Gasteiger partial charge is 0.223 e. The lowest BCUT2D eigenvalue weighted by Gasteiger charge is -2.15. The molecule has 0 radical (unpaired) electrons. The van der Waals surface area contributed by atoms with Crippen LogP contribution in [-0.2, 0) is 0 Å². The predicted molar refractivity (Wildman–Crippen MR) is 104 cm³/mol. The minimum atomic E-state index is -0.00594. The van der Waals surface area contributed by atoms with Gasteiger partial charge in [-0.1, -0.05) is 11.2 Å². The summed E-state index contributed by atoms with van der Waals surface area (Å²) in [7, 11) is 0. The van der Waals surface area contributed by atoms with Crippen molar-refractivity contribution in [3.63, 3.8) is 0 Å². The maximum Gasteiger partial charge on any atom is 0.223 e. The molecule has 0 aliphatic rings. The number of pyridine rings is 1. The molecule has 140 valence electrons. The van der Waals surface area contributed by atoms with Gasteiger partial charge in [0, 0.05) is 36.5 Å². The summed E-state index contributed by atoms with van der Waals surface area (Å²) in [5, 5.41) is 7.39. The first kappa shape index (κ1) is 17.7. The van der Waals surface area contributed by atoms with E-state index in [-0.39, 0.29) is 6.04 Å². The van der Waals surface area contributed by atoms with Gasteiger partial charge >= 0.3 is 0 Å². The molecule has 1 atom stereocenters. The predicted octanol–water partition coefficient (Wildman–Crippen LogP) is 3.77. The summed E-state index contributed by atoms with van der Waals surface area (Å²) >= 11 is 0. The molecule has 4 aromatic rings. The van der Waals surface area contributed by atoms with Gasteiger partial charge in [0.25, 0.3) is 0 Å². The molecular weight excluding hydrogens is 354 g/mol. The fraction of sp³-hybridized carbons (Fsp3) is 0.200. The number of nitrogens with one attached hydrogen (secondary N) is 1. The summed E-state index contributed by atoms with van der Waals surface area (Å²) in [6.45, 7) is 5.79. The highest BCUT2D eigenvalue weighted by molar-refractivity contribution is 5.80. The maximum absolute atomic E-state index is 5.36. The average Bonchev–Trinajstić information content (AvgIpc) is 3.07. The van der Waals surface area contributed by atoms with Gasteiger partial charge in [-0.2, -0.15) is 0 Å². The molecule has 0 fully saturated rings. The molecule has 28 heavy (non-hydrogen) atoms. The highest BCUT2D eigenvalue weighted by Crippen LogP contribution is 2.33. The summed E-state index contributed by atoms with van der Waals surface area (Å²) < 4.78 is 5.36. The lowest BCUT2D eigenvalue weighted by atomic mass is 10.0. The van der Waals surface area contributed by atoms with Crippen molar-refractivity contribution in [3.8, 4) is 22.5 Å². The first-order chi connectivity index (χ1) is 13.6. The van der Waals surface area contributed by atoms with E-state index >= 15 is 0 Å². The Balaban J connectivity index is 1.78. The van der Waals surface area contributed by atoms with E-state index in [1.54, 1.807) is 31.0 Å². The second-order valence-corrected chi connectivity index (χ2v) is 6.40. The van der Waals surface area contributed by atoms with Crippen LogP contribution in [0.2, 0.25) is 0 Å². The first-order valence-electron chi connectivity index (χ1n) is 8.86. The molecule has 4 aromatic heterocycles. The molecule has 0 spiro atoms. The van der Waals surface area contributed by atoms with E-state index in [2.05, 4.69) is 30.4 Å². The number of hydrogen-bond acceptors (Lipinski definition) is 8. The van der Waals surface area contributed by atoms with Crippen LogP contribution in [0.1, 0.15) is 30.0 Å². The van der Waals surface area contributed by atoms with Crippen molar-refractivity contribution in [3.05, 3.63) is 66.3 Å². The maximum atomic E-state index is 5.36. The molecule has 0 saturated carbocycles. The highest BCUT2D eigenvalue weighted by Gasteiger charge is 2.20. The average molecular weight is 373 g/mol. The lowest BCUT2D eigenvalue weighted by molar-refractivity contribution is 0.393. The second-order valence-electron chi connectivity index (χ2n) is 6.40. The van der Waals surface area contributed by atoms with Crippen LogP contribution in [0.15, 0.2) is 53.8 Å². The number of nitrogens with zero attached hydrogens (tertiary/aromatic N) is 6. The van der Waals surface area contributed by atoms with Crippen LogP contribution in [0, 0.1) is 13.8 Å². The SMILES string of the molecule is Cc1noc(C)c1-c1nc(N[C@H](C)c2cccnc2)ncc1-c1cnccn1. The molecular formula is C20H19N7O. The molecule has 4 heterocycles. The third-order valence-electron chi connectivity index (χ3n) is 4.43. The quantitative estimate of drug-likeness (QED) is 0.564. The molecule has 0 aliphatic heterocycles. The van der Waals surface area contributed by atoms with E-state index in [0.717, 1.165) is 22.4 Å². The zero-order valence-corrected chi connectivity index (χ0v) is 15.8. The van der Waals surface area contributed by atoms with Gasteiger partial charge < -0.3 is 9.84 Å². The molecule has 4 rings (SSSR count). The normalized spacial score (nSPS) is 12.0. The van der Waals surface area contributed by atoms with Gasteiger partial charge in [-0.15, -0.1) is 0 Å². The summed E-state index contributed by atoms with van der Waals surface area (Å²) in [6, 6.07) is 3.91. The molecule has 1 N–H and O–H groups in total. The molecule has 0 aromatic carbocycles. The van der Waals surface area contributed by atoms with Crippen LogP contribution in [0.4, 0.5) is 5.95 Å². The zero-order valence-electron chi connectivity index (χ0n) is 15.8. The van der Waals surface area contributed by atoms with Crippen molar-refractivity contribution in [2.75, 3.05) is 5.32 Å². The molecule has 8 heteroatoms. The third kappa shape index (κ3) is 3.44. The molecule has 0 saturated heterocycles. The first-order valence-corrected chi connectivity index (χ1v) is 8.86. The number of rotatable bonds is 5. The van der Waals surface area contributed by atoms with E-state index in [0.29, 0.717) is 23.1 Å².